The number of fused-ring (bicyclic) bond motifs is 9. The number of allylic oxidation sites excluding steroid dienone is 1. The summed E-state index contributed by atoms with van der Waals surface area (Å²) in [5.74, 6) is 0. The summed E-state index contributed by atoms with van der Waals surface area (Å²) in [4.78, 5) is 6.88. The molecule has 0 fully saturated rings. The van der Waals surface area contributed by atoms with Crippen molar-refractivity contribution in [1.29, 1.82) is 0 Å². The van der Waals surface area contributed by atoms with E-state index in [9.17, 15) is 0 Å². The number of aromatic nitrogens is 2. The van der Waals surface area contributed by atoms with E-state index in [4.69, 9.17) is 0 Å². The lowest BCUT2D eigenvalue weighted by Gasteiger charge is -2.30. The van der Waals surface area contributed by atoms with Crippen molar-refractivity contribution in [2.45, 2.75) is 32.1 Å². The van der Waals surface area contributed by atoms with Crippen molar-refractivity contribution in [3.8, 4) is 27.9 Å². The quantitative estimate of drug-likeness (QED) is 0.163. The zero-order valence-electron chi connectivity index (χ0n) is 33.2. The Labute approximate surface area is 344 Å². The van der Waals surface area contributed by atoms with E-state index in [2.05, 4.69) is 204 Å². The van der Waals surface area contributed by atoms with Crippen LogP contribution in [0.4, 0.5) is 17.1 Å². The lowest BCUT2D eigenvalue weighted by atomic mass is 9.82. The zero-order valence-corrected chi connectivity index (χ0v) is 33.2. The number of para-hydroxylation sites is 1. The van der Waals surface area contributed by atoms with Crippen molar-refractivity contribution in [1.82, 2.24) is 9.55 Å². The van der Waals surface area contributed by atoms with Gasteiger partial charge in [-0.05, 0) is 129 Å². The highest BCUT2D eigenvalue weighted by molar-refractivity contribution is 6.23. The Bertz CT molecular complexity index is 3300. The van der Waals surface area contributed by atoms with Crippen LogP contribution >= 0.6 is 0 Å². The molecule has 0 spiro atoms. The summed E-state index contributed by atoms with van der Waals surface area (Å²) in [5, 5.41) is 7.41. The van der Waals surface area contributed by atoms with Gasteiger partial charge < -0.3 is 9.47 Å². The van der Waals surface area contributed by atoms with Gasteiger partial charge in [0.15, 0.2) is 0 Å². The van der Waals surface area contributed by atoms with E-state index in [0.29, 0.717) is 0 Å². The lowest BCUT2D eigenvalue weighted by molar-refractivity contribution is 0.661. The van der Waals surface area contributed by atoms with Gasteiger partial charge in [0, 0.05) is 56.4 Å². The Hall–Kier alpha value is -7.23. The molecule has 0 saturated heterocycles. The minimum Gasteiger partial charge on any atom is -0.309 e. The monoisotopic (exact) mass is 755 g/mol. The normalized spacial score (nSPS) is 13.9. The number of nitrogens with zero attached hydrogens (tertiary/aromatic N) is 3. The fourth-order valence-corrected chi connectivity index (χ4v) is 10.3. The van der Waals surface area contributed by atoms with Crippen molar-refractivity contribution in [2.24, 2.45) is 0 Å². The number of hydrogen-bond donors (Lipinski definition) is 0. The average molecular weight is 756 g/mol. The molecule has 10 aromatic rings. The standard InChI is InChI=1S/C56H41N3/c1-56(2)50-23-13-12-18-42(50)47-34-49-48-33-38(25-27-52(48)59(53(49)35-51(47)56)40-28-30-57-31-29-40)54-43-19-8-10-21-45(43)55(46-22-11-9-20-44(46)54)58(39-16-4-3-5-17-39)41-26-24-36-14-6-7-15-37(36)32-41/h3-6,8-14,16-35H,7,15H2,1-2H3. The molecule has 3 nitrogen and oxygen atoms in total. The van der Waals surface area contributed by atoms with Gasteiger partial charge in [0.25, 0.3) is 0 Å². The van der Waals surface area contributed by atoms with Gasteiger partial charge in [-0.25, -0.2) is 0 Å². The van der Waals surface area contributed by atoms with E-state index in [1.54, 1.807) is 0 Å². The van der Waals surface area contributed by atoms with Crippen molar-refractivity contribution < 1.29 is 0 Å². The van der Waals surface area contributed by atoms with Crippen molar-refractivity contribution >= 4 is 66.5 Å². The van der Waals surface area contributed by atoms with Crippen LogP contribution in [0, 0.1) is 0 Å². The molecule has 0 amide bonds. The third kappa shape index (κ3) is 5.04. The molecule has 280 valence electrons. The molecule has 2 aliphatic carbocycles. The highest BCUT2D eigenvalue weighted by Gasteiger charge is 2.36. The summed E-state index contributed by atoms with van der Waals surface area (Å²) < 4.78 is 2.43. The van der Waals surface area contributed by atoms with Crippen molar-refractivity contribution in [3.63, 3.8) is 0 Å². The first-order valence-corrected chi connectivity index (χ1v) is 20.8. The van der Waals surface area contributed by atoms with Gasteiger partial charge in [-0.1, -0.05) is 129 Å². The average Bonchev–Trinajstić information content (AvgIpc) is 3.73. The Morgan fingerprint density at radius 2 is 1.24 bits per heavy atom. The van der Waals surface area contributed by atoms with E-state index < -0.39 is 0 Å². The smallest absolute Gasteiger partial charge is 0.0618 e. The van der Waals surface area contributed by atoms with E-state index in [1.165, 1.54) is 99.2 Å². The summed E-state index contributed by atoms with van der Waals surface area (Å²) in [7, 11) is 0. The highest BCUT2D eigenvalue weighted by atomic mass is 15.1. The second-order valence-corrected chi connectivity index (χ2v) is 16.7. The van der Waals surface area contributed by atoms with Crippen LogP contribution < -0.4 is 4.90 Å². The molecule has 2 aliphatic rings. The van der Waals surface area contributed by atoms with Gasteiger partial charge in [0.1, 0.15) is 0 Å². The predicted octanol–water partition coefficient (Wildman–Crippen LogP) is 14.9. The van der Waals surface area contributed by atoms with Crippen molar-refractivity contribution in [3.05, 3.63) is 205 Å². The first-order chi connectivity index (χ1) is 29.0. The summed E-state index contributed by atoms with van der Waals surface area (Å²) in [6.07, 6.45) is 10.5. The van der Waals surface area contributed by atoms with E-state index >= 15 is 0 Å². The minimum absolute atomic E-state index is 0.103. The second kappa shape index (κ2) is 12.9. The number of aryl methyl sites for hydroxylation is 1. The van der Waals surface area contributed by atoms with Crippen LogP contribution in [0.2, 0.25) is 0 Å². The molecule has 3 heteroatoms. The van der Waals surface area contributed by atoms with Crippen LogP contribution in [-0.4, -0.2) is 9.55 Å². The van der Waals surface area contributed by atoms with E-state index in [-0.39, 0.29) is 5.41 Å². The predicted molar refractivity (Wildman–Crippen MR) is 249 cm³/mol. The molecule has 0 radical (unpaired) electrons. The van der Waals surface area contributed by atoms with Crippen LogP contribution in [0.25, 0.3) is 77.4 Å². The summed E-state index contributed by atoms with van der Waals surface area (Å²) in [6.45, 7) is 4.73. The third-order valence-electron chi connectivity index (χ3n) is 13.1. The molecular weight excluding hydrogens is 715 g/mol. The minimum atomic E-state index is -0.103. The molecule has 0 unspecified atom stereocenters. The van der Waals surface area contributed by atoms with Crippen LogP contribution in [0.5, 0.6) is 0 Å². The number of benzene rings is 8. The van der Waals surface area contributed by atoms with E-state index in [0.717, 1.165) is 24.2 Å². The summed E-state index contributed by atoms with van der Waals surface area (Å²) in [5.41, 5.74) is 17.5. The number of hydrogen-bond acceptors (Lipinski definition) is 2. The molecular formula is C56H41N3. The Morgan fingerprint density at radius 3 is 2.02 bits per heavy atom. The maximum Gasteiger partial charge on any atom is 0.0618 e. The maximum atomic E-state index is 4.39. The Kier molecular flexibility index (Phi) is 7.40. The van der Waals surface area contributed by atoms with Gasteiger partial charge in [0.2, 0.25) is 0 Å². The fraction of sp³-hybridized carbons (Fsp3) is 0.0893. The molecule has 59 heavy (non-hydrogen) atoms. The molecule has 2 heterocycles. The molecule has 2 aromatic heterocycles. The van der Waals surface area contributed by atoms with Gasteiger partial charge in [-0.2, -0.15) is 0 Å². The van der Waals surface area contributed by atoms with Crippen LogP contribution in [0.1, 0.15) is 42.5 Å². The molecule has 8 aromatic carbocycles. The molecule has 12 rings (SSSR count). The van der Waals surface area contributed by atoms with Gasteiger partial charge in [0.05, 0.1) is 16.7 Å². The summed E-state index contributed by atoms with van der Waals surface area (Å²) in [6, 6.07) is 61.1. The first kappa shape index (κ1) is 33.9. The van der Waals surface area contributed by atoms with Gasteiger partial charge >= 0.3 is 0 Å². The topological polar surface area (TPSA) is 21.1 Å². The maximum absolute atomic E-state index is 4.39. The lowest BCUT2D eigenvalue weighted by Crippen LogP contribution is -2.14. The Morgan fingerprint density at radius 1 is 0.542 bits per heavy atom. The van der Waals surface area contributed by atoms with Crippen LogP contribution in [0.15, 0.2) is 182 Å². The first-order valence-electron chi connectivity index (χ1n) is 20.8. The largest absolute Gasteiger partial charge is 0.309 e. The third-order valence-corrected chi connectivity index (χ3v) is 13.1. The Balaban J connectivity index is 1.14. The zero-order chi connectivity index (χ0) is 39.2. The van der Waals surface area contributed by atoms with Gasteiger partial charge in [-0.3, -0.25) is 4.98 Å². The van der Waals surface area contributed by atoms with Gasteiger partial charge in [-0.15, -0.1) is 0 Å². The molecule has 0 N–H and O–H groups in total. The highest BCUT2D eigenvalue weighted by Crippen LogP contribution is 2.52. The van der Waals surface area contributed by atoms with E-state index in [1.807, 2.05) is 12.4 Å². The number of rotatable bonds is 5. The van der Waals surface area contributed by atoms with Crippen LogP contribution in [-0.2, 0) is 11.8 Å². The molecule has 0 saturated carbocycles. The van der Waals surface area contributed by atoms with Crippen molar-refractivity contribution in [2.75, 3.05) is 4.90 Å². The fourth-order valence-electron chi connectivity index (χ4n) is 10.3. The summed E-state index contributed by atoms with van der Waals surface area (Å²) >= 11 is 0. The second-order valence-electron chi connectivity index (χ2n) is 16.7. The number of anilines is 3. The molecule has 0 bridgehead atoms. The molecule has 0 atom stereocenters. The molecule has 0 aliphatic heterocycles. The van der Waals surface area contributed by atoms with Crippen LogP contribution in [0.3, 0.4) is 0 Å². The number of pyridine rings is 1. The SMILES string of the molecule is CC1(C)c2ccccc2-c2cc3c4cc(-c5c6ccccc6c(N(c6ccccc6)c6ccc7c(c6)CCC=C7)c6ccccc56)ccc4n(-c4ccncc4)c3cc21.